The smallest absolute Gasteiger partial charge is 0.0917 e. The van der Waals surface area contributed by atoms with E-state index in [4.69, 9.17) is 5.73 Å². The maximum atomic E-state index is 10.6. The maximum absolute atomic E-state index is 10.6. The van der Waals surface area contributed by atoms with Crippen LogP contribution in [0, 0.1) is 13.8 Å². The Morgan fingerprint density at radius 2 is 2.00 bits per heavy atom. The molecule has 1 aromatic carbocycles. The molecule has 1 atom stereocenters. The third-order valence-electron chi connectivity index (χ3n) is 3.57. The molecule has 0 saturated heterocycles. The molecule has 0 fully saturated rings. The standard InChI is InChI=1S/C13H19NO/c1-9-3-4-10(2)12-11(9)5-6-13(12,15)7-8-14/h3-4,15H,5-8,14H2,1-2H3. The summed E-state index contributed by atoms with van der Waals surface area (Å²) >= 11 is 0. The van der Waals surface area contributed by atoms with Gasteiger partial charge in [-0.05, 0) is 61.9 Å². The lowest BCUT2D eigenvalue weighted by Gasteiger charge is -2.25. The summed E-state index contributed by atoms with van der Waals surface area (Å²) in [5.41, 5.74) is 9.89. The van der Waals surface area contributed by atoms with E-state index in [1.165, 1.54) is 16.7 Å². The third-order valence-corrected chi connectivity index (χ3v) is 3.57. The molecule has 0 amide bonds. The highest BCUT2D eigenvalue weighted by Gasteiger charge is 2.37. The van der Waals surface area contributed by atoms with Gasteiger partial charge >= 0.3 is 0 Å². The van der Waals surface area contributed by atoms with E-state index < -0.39 is 5.60 Å². The van der Waals surface area contributed by atoms with Crippen LogP contribution in [0.25, 0.3) is 0 Å². The van der Waals surface area contributed by atoms with Gasteiger partial charge in [-0.15, -0.1) is 0 Å². The predicted molar refractivity (Wildman–Crippen MR) is 61.8 cm³/mol. The number of nitrogens with two attached hydrogens (primary N) is 1. The zero-order chi connectivity index (χ0) is 11.1. The van der Waals surface area contributed by atoms with E-state index in [2.05, 4.69) is 26.0 Å². The van der Waals surface area contributed by atoms with Crippen molar-refractivity contribution in [2.75, 3.05) is 6.54 Å². The first-order valence-electron chi connectivity index (χ1n) is 5.60. The molecule has 1 aliphatic carbocycles. The second-order valence-electron chi connectivity index (χ2n) is 4.62. The van der Waals surface area contributed by atoms with Crippen molar-refractivity contribution in [2.24, 2.45) is 5.73 Å². The molecular formula is C13H19NO. The van der Waals surface area contributed by atoms with E-state index in [-0.39, 0.29) is 0 Å². The molecular weight excluding hydrogens is 186 g/mol. The van der Waals surface area contributed by atoms with Crippen molar-refractivity contribution >= 4 is 0 Å². The monoisotopic (exact) mass is 205 g/mol. The van der Waals surface area contributed by atoms with Gasteiger partial charge in [-0.1, -0.05) is 12.1 Å². The van der Waals surface area contributed by atoms with E-state index in [1.54, 1.807) is 0 Å². The molecule has 82 valence electrons. The number of hydrogen-bond donors (Lipinski definition) is 2. The van der Waals surface area contributed by atoms with Crippen LogP contribution in [0.3, 0.4) is 0 Å². The zero-order valence-electron chi connectivity index (χ0n) is 9.51. The van der Waals surface area contributed by atoms with E-state index in [0.29, 0.717) is 13.0 Å². The molecule has 3 N–H and O–H groups in total. The lowest BCUT2D eigenvalue weighted by atomic mass is 9.88. The Labute approximate surface area is 91.1 Å². The molecule has 1 aromatic rings. The molecule has 0 heterocycles. The van der Waals surface area contributed by atoms with Crippen molar-refractivity contribution < 1.29 is 5.11 Å². The Balaban J connectivity index is 2.54. The normalized spacial score (nSPS) is 24.3. The number of fused-ring (bicyclic) bond motifs is 1. The quantitative estimate of drug-likeness (QED) is 0.773. The lowest BCUT2D eigenvalue weighted by Crippen LogP contribution is -2.26. The highest BCUT2D eigenvalue weighted by atomic mass is 16.3. The van der Waals surface area contributed by atoms with Crippen molar-refractivity contribution in [3.8, 4) is 0 Å². The molecule has 15 heavy (non-hydrogen) atoms. The van der Waals surface area contributed by atoms with Gasteiger partial charge in [0, 0.05) is 0 Å². The second kappa shape index (κ2) is 3.62. The van der Waals surface area contributed by atoms with Crippen LogP contribution in [0.4, 0.5) is 0 Å². The highest BCUT2D eigenvalue weighted by molar-refractivity contribution is 5.47. The van der Waals surface area contributed by atoms with Crippen LogP contribution in [0.15, 0.2) is 12.1 Å². The Hall–Kier alpha value is -0.860. The topological polar surface area (TPSA) is 46.2 Å². The average Bonchev–Trinajstić information content (AvgIpc) is 2.52. The van der Waals surface area contributed by atoms with Gasteiger partial charge in [0.15, 0.2) is 0 Å². The molecule has 0 radical (unpaired) electrons. The predicted octanol–water partition coefficient (Wildman–Crippen LogP) is 1.79. The third kappa shape index (κ3) is 1.58. The molecule has 0 aromatic heterocycles. The molecule has 1 unspecified atom stereocenters. The molecule has 2 heteroatoms. The first-order valence-corrected chi connectivity index (χ1v) is 5.60. The number of rotatable bonds is 2. The maximum Gasteiger partial charge on any atom is 0.0917 e. The lowest BCUT2D eigenvalue weighted by molar-refractivity contribution is 0.0315. The zero-order valence-corrected chi connectivity index (χ0v) is 9.51. The summed E-state index contributed by atoms with van der Waals surface area (Å²) in [4.78, 5) is 0. The molecule has 0 saturated carbocycles. The summed E-state index contributed by atoms with van der Waals surface area (Å²) in [5.74, 6) is 0. The summed E-state index contributed by atoms with van der Waals surface area (Å²) in [7, 11) is 0. The number of aliphatic hydroxyl groups is 1. The Morgan fingerprint density at radius 1 is 1.33 bits per heavy atom. The molecule has 0 bridgehead atoms. The molecule has 2 nitrogen and oxygen atoms in total. The molecule has 0 aliphatic heterocycles. The van der Waals surface area contributed by atoms with Crippen molar-refractivity contribution in [3.05, 3.63) is 34.4 Å². The fourth-order valence-electron chi connectivity index (χ4n) is 2.78. The van der Waals surface area contributed by atoms with Crippen LogP contribution < -0.4 is 5.73 Å². The van der Waals surface area contributed by atoms with E-state index >= 15 is 0 Å². The Kier molecular flexibility index (Phi) is 2.57. The van der Waals surface area contributed by atoms with E-state index in [0.717, 1.165) is 18.4 Å². The number of benzene rings is 1. The first kappa shape index (κ1) is 10.7. The van der Waals surface area contributed by atoms with Gasteiger partial charge in [-0.3, -0.25) is 0 Å². The minimum atomic E-state index is -0.666. The van der Waals surface area contributed by atoms with Crippen molar-refractivity contribution in [2.45, 2.75) is 38.7 Å². The minimum Gasteiger partial charge on any atom is -0.385 e. The van der Waals surface area contributed by atoms with Crippen molar-refractivity contribution in [1.29, 1.82) is 0 Å². The van der Waals surface area contributed by atoms with Crippen LogP contribution in [-0.4, -0.2) is 11.7 Å². The van der Waals surface area contributed by atoms with E-state index in [9.17, 15) is 5.11 Å². The first-order chi connectivity index (χ1) is 7.08. The SMILES string of the molecule is Cc1ccc(C)c2c1CCC2(O)CCN. The van der Waals surface area contributed by atoms with Gasteiger partial charge in [-0.25, -0.2) is 0 Å². The fraction of sp³-hybridized carbons (Fsp3) is 0.538. The van der Waals surface area contributed by atoms with Gasteiger partial charge in [0.1, 0.15) is 0 Å². The summed E-state index contributed by atoms with van der Waals surface area (Å²) < 4.78 is 0. The molecule has 1 aliphatic rings. The number of hydrogen-bond acceptors (Lipinski definition) is 2. The summed E-state index contributed by atoms with van der Waals surface area (Å²) in [6.45, 7) is 4.74. The second-order valence-corrected chi connectivity index (χ2v) is 4.62. The summed E-state index contributed by atoms with van der Waals surface area (Å²) in [6.07, 6.45) is 2.48. The fourth-order valence-corrected chi connectivity index (χ4v) is 2.78. The van der Waals surface area contributed by atoms with E-state index in [1.807, 2.05) is 0 Å². The van der Waals surface area contributed by atoms with Crippen molar-refractivity contribution in [3.63, 3.8) is 0 Å². The largest absolute Gasteiger partial charge is 0.385 e. The van der Waals surface area contributed by atoms with Crippen LogP contribution >= 0.6 is 0 Å². The summed E-state index contributed by atoms with van der Waals surface area (Å²) in [5, 5.41) is 10.6. The van der Waals surface area contributed by atoms with Gasteiger partial charge < -0.3 is 10.8 Å². The van der Waals surface area contributed by atoms with Crippen LogP contribution in [0.1, 0.15) is 35.1 Å². The van der Waals surface area contributed by atoms with Gasteiger partial charge in [0.2, 0.25) is 0 Å². The van der Waals surface area contributed by atoms with Crippen LogP contribution in [-0.2, 0) is 12.0 Å². The van der Waals surface area contributed by atoms with Crippen molar-refractivity contribution in [1.82, 2.24) is 0 Å². The average molecular weight is 205 g/mol. The molecule has 0 spiro atoms. The van der Waals surface area contributed by atoms with Gasteiger partial charge in [0.05, 0.1) is 5.60 Å². The van der Waals surface area contributed by atoms with Gasteiger partial charge in [0.25, 0.3) is 0 Å². The Morgan fingerprint density at radius 3 is 2.67 bits per heavy atom. The Bertz CT molecular complexity index is 386. The summed E-state index contributed by atoms with van der Waals surface area (Å²) in [6, 6.07) is 4.24. The highest BCUT2D eigenvalue weighted by Crippen LogP contribution is 2.42. The van der Waals surface area contributed by atoms with Crippen LogP contribution in [0.5, 0.6) is 0 Å². The minimum absolute atomic E-state index is 0.545. The van der Waals surface area contributed by atoms with Gasteiger partial charge in [-0.2, -0.15) is 0 Å². The van der Waals surface area contributed by atoms with Crippen LogP contribution in [0.2, 0.25) is 0 Å². The number of aryl methyl sites for hydroxylation is 2. The molecule has 2 rings (SSSR count).